The summed E-state index contributed by atoms with van der Waals surface area (Å²) in [5.74, 6) is -0.0687. The summed E-state index contributed by atoms with van der Waals surface area (Å²) in [5.41, 5.74) is 0. The molecule has 106 valence electrons. The van der Waals surface area contributed by atoms with Crippen molar-refractivity contribution in [3.63, 3.8) is 0 Å². The Morgan fingerprint density at radius 3 is 2.50 bits per heavy atom. The monoisotopic (exact) mass is 276 g/mol. The van der Waals surface area contributed by atoms with E-state index in [0.717, 1.165) is 25.9 Å². The lowest BCUT2D eigenvalue weighted by Gasteiger charge is -2.22. The Morgan fingerprint density at radius 1 is 1.33 bits per heavy atom. The van der Waals surface area contributed by atoms with Gasteiger partial charge >= 0.3 is 0 Å². The van der Waals surface area contributed by atoms with Crippen LogP contribution in [0.2, 0.25) is 0 Å². The number of hydrogen-bond donors (Lipinski definition) is 2. The van der Waals surface area contributed by atoms with Gasteiger partial charge in [0.05, 0.1) is 5.75 Å². The zero-order valence-electron chi connectivity index (χ0n) is 11.2. The first kappa shape index (κ1) is 15.4. The van der Waals surface area contributed by atoms with Crippen LogP contribution in [0.15, 0.2) is 0 Å². The van der Waals surface area contributed by atoms with Crippen LogP contribution in [0.5, 0.6) is 0 Å². The van der Waals surface area contributed by atoms with Crippen molar-refractivity contribution < 1.29 is 13.2 Å². The molecule has 1 heterocycles. The van der Waals surface area contributed by atoms with E-state index in [1.54, 1.807) is 0 Å². The Morgan fingerprint density at radius 2 is 1.94 bits per heavy atom. The van der Waals surface area contributed by atoms with Crippen molar-refractivity contribution in [2.24, 2.45) is 11.8 Å². The lowest BCUT2D eigenvalue weighted by atomic mass is 10.0. The Labute approximate surface area is 110 Å². The molecule has 0 aromatic heterocycles. The average Bonchev–Trinajstić information content (AvgIpc) is 2.26. The van der Waals surface area contributed by atoms with Crippen molar-refractivity contribution in [2.75, 3.05) is 31.1 Å². The number of carbonyl (C=O) groups is 1. The fourth-order valence-electron chi connectivity index (χ4n) is 2.04. The van der Waals surface area contributed by atoms with E-state index < -0.39 is 9.84 Å². The molecule has 0 aromatic carbocycles. The maximum atomic E-state index is 11.9. The van der Waals surface area contributed by atoms with Crippen LogP contribution in [0.4, 0.5) is 0 Å². The average molecular weight is 276 g/mol. The highest BCUT2D eigenvalue weighted by Crippen LogP contribution is 2.14. The molecule has 0 aliphatic carbocycles. The van der Waals surface area contributed by atoms with E-state index in [0.29, 0.717) is 12.5 Å². The summed E-state index contributed by atoms with van der Waals surface area (Å²) in [6.45, 7) is 6.23. The van der Waals surface area contributed by atoms with Crippen molar-refractivity contribution in [1.29, 1.82) is 0 Å². The Hall–Kier alpha value is -0.620. The standard InChI is InChI=1S/C12H24N2O3S/c1-10(2)7-14-12(15)9-18(16,17)8-11-3-5-13-6-4-11/h10-11,13H,3-9H2,1-2H3,(H,14,15). The van der Waals surface area contributed by atoms with Gasteiger partial charge in [0.15, 0.2) is 9.84 Å². The molecule has 1 amide bonds. The van der Waals surface area contributed by atoms with E-state index >= 15 is 0 Å². The molecule has 1 saturated heterocycles. The van der Waals surface area contributed by atoms with Gasteiger partial charge < -0.3 is 10.6 Å². The largest absolute Gasteiger partial charge is 0.355 e. The second-order valence-corrected chi connectivity index (χ2v) is 7.56. The maximum Gasteiger partial charge on any atom is 0.235 e. The summed E-state index contributed by atoms with van der Waals surface area (Å²) in [7, 11) is -3.27. The minimum absolute atomic E-state index is 0.143. The van der Waals surface area contributed by atoms with Gasteiger partial charge in [-0.3, -0.25) is 4.79 Å². The van der Waals surface area contributed by atoms with Gasteiger partial charge in [-0.1, -0.05) is 13.8 Å². The van der Waals surface area contributed by atoms with Crippen molar-refractivity contribution in [1.82, 2.24) is 10.6 Å². The zero-order valence-corrected chi connectivity index (χ0v) is 12.1. The smallest absolute Gasteiger partial charge is 0.235 e. The van der Waals surface area contributed by atoms with Crippen molar-refractivity contribution >= 4 is 15.7 Å². The molecule has 0 bridgehead atoms. The van der Waals surface area contributed by atoms with Crippen LogP contribution in [0, 0.1) is 11.8 Å². The van der Waals surface area contributed by atoms with Crippen LogP contribution in [0.3, 0.4) is 0 Å². The highest BCUT2D eigenvalue weighted by molar-refractivity contribution is 7.92. The minimum atomic E-state index is -3.27. The first-order valence-electron chi connectivity index (χ1n) is 6.57. The fourth-order valence-corrected chi connectivity index (χ4v) is 3.71. The third-order valence-electron chi connectivity index (χ3n) is 3.01. The molecule has 0 saturated carbocycles. The van der Waals surface area contributed by atoms with Gasteiger partial charge in [-0.25, -0.2) is 8.42 Å². The van der Waals surface area contributed by atoms with Crippen LogP contribution >= 0.6 is 0 Å². The van der Waals surface area contributed by atoms with E-state index in [4.69, 9.17) is 0 Å². The number of piperidine rings is 1. The SMILES string of the molecule is CC(C)CNC(=O)CS(=O)(=O)CC1CCNCC1. The Kier molecular flexibility index (Phi) is 6.08. The number of hydrogen-bond acceptors (Lipinski definition) is 4. The second kappa shape index (κ2) is 7.09. The Balaban J connectivity index is 2.36. The van der Waals surface area contributed by atoms with Crippen LogP contribution in [0.1, 0.15) is 26.7 Å². The van der Waals surface area contributed by atoms with Gasteiger partial charge in [-0.15, -0.1) is 0 Å². The molecular formula is C12H24N2O3S. The molecule has 5 nitrogen and oxygen atoms in total. The van der Waals surface area contributed by atoms with Gasteiger partial charge in [0.2, 0.25) is 5.91 Å². The van der Waals surface area contributed by atoms with Crippen LogP contribution < -0.4 is 10.6 Å². The summed E-state index contributed by atoms with van der Waals surface area (Å²) in [6.07, 6.45) is 1.76. The molecule has 2 N–H and O–H groups in total. The van der Waals surface area contributed by atoms with Crippen molar-refractivity contribution in [3.8, 4) is 0 Å². The molecule has 1 fully saturated rings. The summed E-state index contributed by atoms with van der Waals surface area (Å²) >= 11 is 0. The number of amides is 1. The number of nitrogens with one attached hydrogen (secondary N) is 2. The van der Waals surface area contributed by atoms with E-state index in [2.05, 4.69) is 10.6 Å². The lowest BCUT2D eigenvalue weighted by molar-refractivity contribution is -0.118. The van der Waals surface area contributed by atoms with E-state index in [-0.39, 0.29) is 23.3 Å². The lowest BCUT2D eigenvalue weighted by Crippen LogP contribution is -2.36. The second-order valence-electron chi connectivity index (χ2n) is 5.45. The molecule has 1 aliphatic rings. The molecule has 0 spiro atoms. The molecule has 18 heavy (non-hydrogen) atoms. The first-order valence-corrected chi connectivity index (χ1v) is 8.39. The van der Waals surface area contributed by atoms with Gasteiger partial charge in [0.25, 0.3) is 0 Å². The van der Waals surface area contributed by atoms with Gasteiger partial charge in [-0.05, 0) is 37.8 Å². The summed E-state index contributed by atoms with van der Waals surface area (Å²) in [6, 6.07) is 0. The van der Waals surface area contributed by atoms with E-state index in [9.17, 15) is 13.2 Å². The van der Waals surface area contributed by atoms with Gasteiger partial charge in [0, 0.05) is 6.54 Å². The van der Waals surface area contributed by atoms with Crippen molar-refractivity contribution in [2.45, 2.75) is 26.7 Å². The van der Waals surface area contributed by atoms with Crippen molar-refractivity contribution in [3.05, 3.63) is 0 Å². The third kappa shape index (κ3) is 6.35. The van der Waals surface area contributed by atoms with Gasteiger partial charge in [-0.2, -0.15) is 0 Å². The molecule has 6 heteroatoms. The van der Waals surface area contributed by atoms with Crippen LogP contribution in [0.25, 0.3) is 0 Å². The summed E-state index contributed by atoms with van der Waals surface area (Å²) in [4.78, 5) is 11.5. The third-order valence-corrected chi connectivity index (χ3v) is 4.69. The minimum Gasteiger partial charge on any atom is -0.355 e. The molecule has 0 unspecified atom stereocenters. The molecule has 1 rings (SSSR count). The van der Waals surface area contributed by atoms with E-state index in [1.165, 1.54) is 0 Å². The predicted octanol–water partition coefficient (Wildman–Crippen LogP) is 0.173. The molecule has 0 radical (unpaired) electrons. The summed E-state index contributed by atoms with van der Waals surface area (Å²) < 4.78 is 23.7. The molecular weight excluding hydrogens is 252 g/mol. The highest BCUT2D eigenvalue weighted by Gasteiger charge is 2.23. The topological polar surface area (TPSA) is 75.3 Å². The number of carbonyl (C=O) groups excluding carboxylic acids is 1. The fraction of sp³-hybridized carbons (Fsp3) is 0.917. The Bertz CT molecular complexity index is 360. The predicted molar refractivity (Wildman–Crippen MR) is 72.1 cm³/mol. The maximum absolute atomic E-state index is 11.9. The van der Waals surface area contributed by atoms with Crippen LogP contribution in [-0.2, 0) is 14.6 Å². The van der Waals surface area contributed by atoms with Gasteiger partial charge in [0.1, 0.15) is 5.75 Å². The molecule has 1 aliphatic heterocycles. The normalized spacial score (nSPS) is 17.9. The number of rotatable bonds is 6. The molecule has 0 aromatic rings. The van der Waals surface area contributed by atoms with E-state index in [1.807, 2.05) is 13.8 Å². The van der Waals surface area contributed by atoms with Crippen LogP contribution in [-0.4, -0.2) is 45.5 Å². The number of sulfone groups is 1. The first-order chi connectivity index (χ1) is 8.39. The molecule has 0 atom stereocenters. The zero-order chi connectivity index (χ0) is 13.6. The quantitative estimate of drug-likeness (QED) is 0.725. The highest BCUT2D eigenvalue weighted by atomic mass is 32.2. The summed E-state index contributed by atoms with van der Waals surface area (Å²) in [5, 5.41) is 5.84.